The summed E-state index contributed by atoms with van der Waals surface area (Å²) < 4.78 is 0. The summed E-state index contributed by atoms with van der Waals surface area (Å²) in [6, 6.07) is 0.639. The summed E-state index contributed by atoms with van der Waals surface area (Å²) in [5, 5.41) is 0. The van der Waals surface area contributed by atoms with Gasteiger partial charge in [0, 0.05) is 24.2 Å². The lowest BCUT2D eigenvalue weighted by Gasteiger charge is -2.30. The molecule has 0 aromatic rings. The predicted molar refractivity (Wildman–Crippen MR) is 56.4 cm³/mol. The number of hydrogen-bond acceptors (Lipinski definition) is 1. The molecule has 72 valence electrons. The summed E-state index contributed by atoms with van der Waals surface area (Å²) in [6.45, 7) is 7.03. The second-order valence-electron chi connectivity index (χ2n) is 4.81. The standard InChI is InChI=1S/C12H19N/c1-9-12(2,3)10-7-5-6-8-11(10)13(9)4/h5,7,9H,6,8H2,1-4H3. The fourth-order valence-corrected chi connectivity index (χ4v) is 2.55. The second-order valence-corrected chi connectivity index (χ2v) is 4.81. The average Bonchev–Trinajstić information content (AvgIpc) is 2.30. The highest BCUT2D eigenvalue weighted by Gasteiger charge is 2.41. The van der Waals surface area contributed by atoms with Crippen LogP contribution < -0.4 is 0 Å². The van der Waals surface area contributed by atoms with E-state index in [2.05, 4.69) is 44.9 Å². The molecule has 0 saturated heterocycles. The molecule has 13 heavy (non-hydrogen) atoms. The van der Waals surface area contributed by atoms with Gasteiger partial charge in [-0.3, -0.25) is 0 Å². The molecular weight excluding hydrogens is 158 g/mol. The van der Waals surface area contributed by atoms with E-state index in [4.69, 9.17) is 0 Å². The third-order valence-corrected chi connectivity index (χ3v) is 3.89. The van der Waals surface area contributed by atoms with Crippen LogP contribution in [0.5, 0.6) is 0 Å². The highest BCUT2D eigenvalue weighted by atomic mass is 15.2. The quantitative estimate of drug-likeness (QED) is 0.550. The molecule has 0 amide bonds. The van der Waals surface area contributed by atoms with Crippen LogP contribution in [0.15, 0.2) is 23.4 Å². The van der Waals surface area contributed by atoms with Gasteiger partial charge in [-0.25, -0.2) is 0 Å². The maximum atomic E-state index is 2.46. The van der Waals surface area contributed by atoms with Crippen molar-refractivity contribution in [2.24, 2.45) is 5.41 Å². The smallest absolute Gasteiger partial charge is 0.0347 e. The Bertz CT molecular complexity index is 283. The van der Waals surface area contributed by atoms with Crippen LogP contribution in [-0.4, -0.2) is 18.0 Å². The Hall–Kier alpha value is -0.720. The summed E-state index contributed by atoms with van der Waals surface area (Å²) in [4.78, 5) is 2.46. The van der Waals surface area contributed by atoms with Gasteiger partial charge in [-0.2, -0.15) is 0 Å². The highest BCUT2D eigenvalue weighted by Crippen LogP contribution is 2.46. The summed E-state index contributed by atoms with van der Waals surface area (Å²) in [5.74, 6) is 0. The van der Waals surface area contributed by atoms with E-state index in [1.807, 2.05) is 0 Å². The van der Waals surface area contributed by atoms with E-state index in [9.17, 15) is 0 Å². The molecule has 0 aromatic carbocycles. The average molecular weight is 177 g/mol. The van der Waals surface area contributed by atoms with Gasteiger partial charge in [-0.05, 0) is 25.3 Å². The molecule has 0 aromatic heterocycles. The van der Waals surface area contributed by atoms with Gasteiger partial charge in [0.1, 0.15) is 0 Å². The van der Waals surface area contributed by atoms with Crippen molar-refractivity contribution in [3.63, 3.8) is 0 Å². The zero-order chi connectivity index (χ0) is 9.64. The van der Waals surface area contributed by atoms with Gasteiger partial charge in [0.05, 0.1) is 0 Å². The van der Waals surface area contributed by atoms with Crippen molar-refractivity contribution in [2.45, 2.75) is 39.7 Å². The van der Waals surface area contributed by atoms with Gasteiger partial charge in [-0.15, -0.1) is 0 Å². The molecule has 1 atom stereocenters. The molecule has 0 spiro atoms. The minimum absolute atomic E-state index is 0.334. The van der Waals surface area contributed by atoms with Crippen LogP contribution in [0.1, 0.15) is 33.6 Å². The molecule has 2 aliphatic rings. The van der Waals surface area contributed by atoms with Crippen molar-refractivity contribution in [2.75, 3.05) is 7.05 Å². The van der Waals surface area contributed by atoms with Crippen LogP contribution in [0, 0.1) is 5.41 Å². The molecule has 0 fully saturated rings. The molecule has 0 radical (unpaired) electrons. The van der Waals surface area contributed by atoms with E-state index in [0.29, 0.717) is 11.5 Å². The number of hydrogen-bond donors (Lipinski definition) is 0. The maximum Gasteiger partial charge on any atom is 0.0347 e. The molecule has 1 unspecified atom stereocenters. The van der Waals surface area contributed by atoms with Crippen molar-refractivity contribution < 1.29 is 0 Å². The Morgan fingerprint density at radius 3 is 2.77 bits per heavy atom. The minimum Gasteiger partial charge on any atom is -0.374 e. The van der Waals surface area contributed by atoms with E-state index in [-0.39, 0.29) is 0 Å². The van der Waals surface area contributed by atoms with Gasteiger partial charge in [0.2, 0.25) is 0 Å². The lowest BCUT2D eigenvalue weighted by atomic mass is 9.79. The van der Waals surface area contributed by atoms with Gasteiger partial charge in [0.15, 0.2) is 0 Å². The van der Waals surface area contributed by atoms with Gasteiger partial charge in [-0.1, -0.05) is 26.0 Å². The van der Waals surface area contributed by atoms with Gasteiger partial charge < -0.3 is 4.90 Å². The molecule has 1 aliphatic carbocycles. The number of nitrogens with zero attached hydrogens (tertiary/aromatic N) is 1. The third kappa shape index (κ3) is 1.06. The molecule has 0 bridgehead atoms. The van der Waals surface area contributed by atoms with Crippen molar-refractivity contribution in [3.8, 4) is 0 Å². The minimum atomic E-state index is 0.334. The summed E-state index contributed by atoms with van der Waals surface area (Å²) >= 11 is 0. The molecule has 0 saturated carbocycles. The van der Waals surface area contributed by atoms with Crippen molar-refractivity contribution in [1.82, 2.24) is 4.90 Å². The van der Waals surface area contributed by atoms with Crippen molar-refractivity contribution in [3.05, 3.63) is 23.4 Å². The molecular formula is C12H19N. The van der Waals surface area contributed by atoms with Crippen LogP contribution in [0.4, 0.5) is 0 Å². The number of allylic oxidation sites excluding steroid dienone is 3. The molecule has 2 rings (SSSR count). The van der Waals surface area contributed by atoms with Crippen molar-refractivity contribution >= 4 is 0 Å². The maximum absolute atomic E-state index is 2.46. The first-order chi connectivity index (χ1) is 6.05. The van der Waals surface area contributed by atoms with Crippen molar-refractivity contribution in [1.29, 1.82) is 0 Å². The third-order valence-electron chi connectivity index (χ3n) is 3.89. The fourth-order valence-electron chi connectivity index (χ4n) is 2.55. The normalized spacial score (nSPS) is 31.1. The van der Waals surface area contributed by atoms with Crippen LogP contribution in [0.2, 0.25) is 0 Å². The van der Waals surface area contributed by atoms with Crippen LogP contribution in [0.25, 0.3) is 0 Å². The Morgan fingerprint density at radius 2 is 2.15 bits per heavy atom. The Morgan fingerprint density at radius 1 is 1.46 bits per heavy atom. The first-order valence-electron chi connectivity index (χ1n) is 5.18. The SMILES string of the molecule is CC1N(C)C2=C(C=CCC2)C1(C)C. The largest absolute Gasteiger partial charge is 0.374 e. The Labute approximate surface area is 81.1 Å². The van der Waals surface area contributed by atoms with E-state index >= 15 is 0 Å². The molecule has 1 heterocycles. The van der Waals surface area contributed by atoms with Gasteiger partial charge >= 0.3 is 0 Å². The summed E-state index contributed by atoms with van der Waals surface area (Å²) in [7, 11) is 2.23. The predicted octanol–water partition coefficient (Wildman–Crippen LogP) is 2.95. The highest BCUT2D eigenvalue weighted by molar-refractivity contribution is 5.39. The number of rotatable bonds is 0. The zero-order valence-corrected chi connectivity index (χ0v) is 9.09. The molecule has 1 aliphatic heterocycles. The lowest BCUT2D eigenvalue weighted by Crippen LogP contribution is -2.33. The monoisotopic (exact) mass is 177 g/mol. The van der Waals surface area contributed by atoms with Crippen LogP contribution in [-0.2, 0) is 0 Å². The second kappa shape index (κ2) is 2.63. The van der Waals surface area contributed by atoms with E-state index in [1.165, 1.54) is 12.8 Å². The van der Waals surface area contributed by atoms with Gasteiger partial charge in [0.25, 0.3) is 0 Å². The zero-order valence-electron chi connectivity index (χ0n) is 9.09. The molecule has 0 N–H and O–H groups in total. The summed E-state index contributed by atoms with van der Waals surface area (Å²) in [5.41, 5.74) is 3.47. The Balaban J connectivity index is 2.46. The fraction of sp³-hybridized carbons (Fsp3) is 0.667. The topological polar surface area (TPSA) is 3.24 Å². The first kappa shape index (κ1) is 8.86. The first-order valence-corrected chi connectivity index (χ1v) is 5.18. The molecule has 1 nitrogen and oxygen atoms in total. The van der Waals surface area contributed by atoms with Crippen LogP contribution in [0.3, 0.4) is 0 Å². The lowest BCUT2D eigenvalue weighted by molar-refractivity contribution is 0.236. The molecule has 1 heteroatoms. The van der Waals surface area contributed by atoms with E-state index in [1.54, 1.807) is 11.3 Å². The van der Waals surface area contributed by atoms with E-state index < -0.39 is 0 Å². The summed E-state index contributed by atoms with van der Waals surface area (Å²) in [6.07, 6.45) is 7.09. The van der Waals surface area contributed by atoms with E-state index in [0.717, 1.165) is 0 Å². The van der Waals surface area contributed by atoms with Crippen LogP contribution >= 0.6 is 0 Å². The Kier molecular flexibility index (Phi) is 1.79.